The van der Waals surface area contributed by atoms with Crippen LogP contribution in [0.5, 0.6) is 5.75 Å². The number of benzene rings is 2. The molecular formula is C19H23FN2O4S. The summed E-state index contributed by atoms with van der Waals surface area (Å²) in [4.78, 5) is 14.3. The van der Waals surface area contributed by atoms with Crippen LogP contribution in [-0.4, -0.2) is 31.6 Å². The van der Waals surface area contributed by atoms with Gasteiger partial charge >= 0.3 is 16.1 Å². The molecule has 0 aliphatic carbocycles. The molecule has 1 atom stereocenters. The Morgan fingerprint density at radius 1 is 1.19 bits per heavy atom. The molecule has 0 aliphatic heterocycles. The number of hydrogen-bond acceptors (Lipinski definition) is 4. The molecule has 0 spiro atoms. The topological polar surface area (TPSA) is 75.7 Å². The summed E-state index contributed by atoms with van der Waals surface area (Å²) in [7, 11) is -3.59. The Morgan fingerprint density at radius 3 is 2.37 bits per heavy atom. The molecule has 0 aliphatic rings. The number of rotatable bonds is 7. The molecule has 0 saturated heterocycles. The monoisotopic (exact) mass is 394 g/mol. The summed E-state index contributed by atoms with van der Waals surface area (Å²) >= 11 is 0. The predicted octanol–water partition coefficient (Wildman–Crippen LogP) is 4.00. The van der Waals surface area contributed by atoms with Crippen molar-refractivity contribution in [1.82, 2.24) is 4.90 Å². The first-order chi connectivity index (χ1) is 12.7. The molecule has 0 aromatic heterocycles. The maximum absolute atomic E-state index is 13.8. The molecule has 2 rings (SSSR count). The van der Waals surface area contributed by atoms with Gasteiger partial charge in [0.25, 0.3) is 0 Å². The van der Waals surface area contributed by atoms with Gasteiger partial charge < -0.3 is 14.4 Å². The number of carbonyl (C=O) groups excluding carboxylic acids is 1. The Morgan fingerprint density at radius 2 is 1.81 bits per heavy atom. The van der Waals surface area contributed by atoms with Gasteiger partial charge in [-0.05, 0) is 43.2 Å². The third-order valence-corrected chi connectivity index (χ3v) is 4.52. The minimum absolute atomic E-state index is 0.0799. The van der Waals surface area contributed by atoms with E-state index >= 15 is 0 Å². The summed E-state index contributed by atoms with van der Waals surface area (Å²) in [6, 6.07) is 11.9. The summed E-state index contributed by atoms with van der Waals surface area (Å²) < 4.78 is 41.0. The van der Waals surface area contributed by atoms with E-state index < -0.39 is 22.0 Å². The zero-order valence-corrected chi connectivity index (χ0v) is 16.3. The largest absolute Gasteiger partial charge is 0.383 e. The van der Waals surface area contributed by atoms with Crippen LogP contribution < -0.4 is 9.50 Å². The minimum Gasteiger partial charge on any atom is -0.383 e. The van der Waals surface area contributed by atoms with Crippen LogP contribution in [-0.2, 0) is 16.7 Å². The second kappa shape index (κ2) is 8.85. The quantitative estimate of drug-likeness (QED) is 0.721. The first-order valence-electron chi connectivity index (χ1n) is 8.50. The maximum atomic E-state index is 13.8. The van der Waals surface area contributed by atoms with Crippen LogP contribution in [0.3, 0.4) is 0 Å². The Kier molecular flexibility index (Phi) is 6.79. The number of hydrogen-bond donors (Lipinski definition) is 1. The highest BCUT2D eigenvalue weighted by molar-refractivity contribution is 7.86. The standard InChI is InChI=1S/C19H23FN2O4S/c1-4-14(2)22(19(23)21-18-8-6-5-7-17(18)20)13-15-9-11-16(12-10-15)26-27(3,24)25/h5-12,14H,4,13H2,1-3H3,(H,21,23)/t14-/m0/s1. The normalized spacial score (nSPS) is 12.3. The number of carbonyl (C=O) groups is 1. The van der Waals surface area contributed by atoms with Crippen LogP contribution >= 0.6 is 0 Å². The highest BCUT2D eigenvalue weighted by Crippen LogP contribution is 2.19. The van der Waals surface area contributed by atoms with Gasteiger partial charge in [0.15, 0.2) is 0 Å². The van der Waals surface area contributed by atoms with Crippen molar-refractivity contribution in [3.8, 4) is 5.75 Å². The fraction of sp³-hybridized carbons (Fsp3) is 0.316. The molecule has 146 valence electrons. The van der Waals surface area contributed by atoms with Gasteiger partial charge in [0, 0.05) is 12.6 Å². The van der Waals surface area contributed by atoms with Crippen LogP contribution in [0.1, 0.15) is 25.8 Å². The molecule has 6 nitrogen and oxygen atoms in total. The van der Waals surface area contributed by atoms with Gasteiger partial charge in [-0.2, -0.15) is 8.42 Å². The van der Waals surface area contributed by atoms with E-state index in [1.54, 1.807) is 29.2 Å². The van der Waals surface area contributed by atoms with Crippen molar-refractivity contribution < 1.29 is 21.8 Å². The fourth-order valence-corrected chi connectivity index (χ4v) is 2.88. The lowest BCUT2D eigenvalue weighted by molar-refractivity contribution is 0.187. The highest BCUT2D eigenvalue weighted by atomic mass is 32.2. The van der Waals surface area contributed by atoms with E-state index in [1.807, 2.05) is 13.8 Å². The predicted molar refractivity (Wildman–Crippen MR) is 103 cm³/mol. The molecule has 8 heteroatoms. The van der Waals surface area contributed by atoms with E-state index in [0.717, 1.165) is 18.2 Å². The summed E-state index contributed by atoms with van der Waals surface area (Å²) in [5.41, 5.74) is 0.910. The summed E-state index contributed by atoms with van der Waals surface area (Å²) in [5.74, 6) is -0.302. The van der Waals surface area contributed by atoms with Crippen molar-refractivity contribution >= 4 is 21.8 Å². The molecule has 27 heavy (non-hydrogen) atoms. The molecule has 0 unspecified atom stereocenters. The fourth-order valence-electron chi connectivity index (χ4n) is 2.42. The van der Waals surface area contributed by atoms with Crippen LogP contribution in [0.4, 0.5) is 14.9 Å². The molecule has 1 N–H and O–H groups in total. The van der Waals surface area contributed by atoms with E-state index in [0.29, 0.717) is 0 Å². The lowest BCUT2D eigenvalue weighted by Crippen LogP contribution is -2.40. The van der Waals surface area contributed by atoms with Gasteiger partial charge in [-0.15, -0.1) is 0 Å². The molecule has 0 bridgehead atoms. The van der Waals surface area contributed by atoms with Gasteiger partial charge in [-0.3, -0.25) is 0 Å². The highest BCUT2D eigenvalue weighted by Gasteiger charge is 2.20. The van der Waals surface area contributed by atoms with Crippen molar-refractivity contribution in [2.24, 2.45) is 0 Å². The molecule has 2 aromatic carbocycles. The lowest BCUT2D eigenvalue weighted by Gasteiger charge is -2.29. The molecular weight excluding hydrogens is 371 g/mol. The Hall–Kier alpha value is -2.61. The summed E-state index contributed by atoms with van der Waals surface area (Å²) in [5, 5.41) is 2.60. The van der Waals surface area contributed by atoms with Crippen LogP contribution in [0, 0.1) is 5.82 Å². The lowest BCUT2D eigenvalue weighted by atomic mass is 10.1. The van der Waals surface area contributed by atoms with E-state index in [-0.39, 0.29) is 24.0 Å². The second-order valence-corrected chi connectivity index (χ2v) is 7.80. The smallest absolute Gasteiger partial charge is 0.322 e. The zero-order valence-electron chi connectivity index (χ0n) is 15.5. The van der Waals surface area contributed by atoms with E-state index in [9.17, 15) is 17.6 Å². The molecule has 0 saturated carbocycles. The molecule has 2 amide bonds. The number of para-hydroxylation sites is 1. The SMILES string of the molecule is CC[C@H](C)N(Cc1ccc(OS(C)(=O)=O)cc1)C(=O)Nc1ccccc1F. The number of halogens is 1. The number of nitrogens with zero attached hydrogens (tertiary/aromatic N) is 1. The average Bonchev–Trinajstić information content (AvgIpc) is 2.61. The van der Waals surface area contributed by atoms with Crippen molar-refractivity contribution in [1.29, 1.82) is 0 Å². The van der Waals surface area contributed by atoms with Gasteiger partial charge in [-0.1, -0.05) is 31.2 Å². The average molecular weight is 394 g/mol. The molecule has 0 heterocycles. The van der Waals surface area contributed by atoms with E-state index in [2.05, 4.69) is 5.32 Å². The van der Waals surface area contributed by atoms with Crippen molar-refractivity contribution in [3.63, 3.8) is 0 Å². The van der Waals surface area contributed by atoms with Gasteiger partial charge in [0.05, 0.1) is 11.9 Å². The van der Waals surface area contributed by atoms with Crippen LogP contribution in [0.25, 0.3) is 0 Å². The van der Waals surface area contributed by atoms with Crippen molar-refractivity contribution in [2.75, 3.05) is 11.6 Å². The van der Waals surface area contributed by atoms with Gasteiger partial charge in [0.1, 0.15) is 11.6 Å². The van der Waals surface area contributed by atoms with Gasteiger partial charge in [-0.25, -0.2) is 9.18 Å². The minimum atomic E-state index is -3.59. The van der Waals surface area contributed by atoms with E-state index in [4.69, 9.17) is 4.18 Å². The van der Waals surface area contributed by atoms with Gasteiger partial charge in [0.2, 0.25) is 0 Å². The third kappa shape index (κ3) is 6.25. The number of urea groups is 1. The van der Waals surface area contributed by atoms with Crippen LogP contribution in [0.15, 0.2) is 48.5 Å². The summed E-state index contributed by atoms with van der Waals surface area (Å²) in [6.45, 7) is 4.15. The van der Waals surface area contributed by atoms with Crippen molar-refractivity contribution in [3.05, 3.63) is 59.9 Å². The second-order valence-electron chi connectivity index (χ2n) is 6.23. The Bertz CT molecular complexity index is 885. The third-order valence-electron chi connectivity index (χ3n) is 4.02. The zero-order chi connectivity index (χ0) is 20.0. The Balaban J connectivity index is 2.14. The Labute approximate surface area is 159 Å². The van der Waals surface area contributed by atoms with Crippen LogP contribution in [0.2, 0.25) is 0 Å². The number of nitrogens with one attached hydrogen (secondary N) is 1. The van der Waals surface area contributed by atoms with E-state index in [1.165, 1.54) is 24.3 Å². The van der Waals surface area contributed by atoms with Crippen molar-refractivity contribution in [2.45, 2.75) is 32.9 Å². The number of amides is 2. The molecule has 0 radical (unpaired) electrons. The molecule has 0 fully saturated rings. The maximum Gasteiger partial charge on any atom is 0.322 e. The first-order valence-corrected chi connectivity index (χ1v) is 10.3. The first kappa shape index (κ1) is 20.7. The number of anilines is 1. The summed E-state index contributed by atoms with van der Waals surface area (Å²) in [6.07, 6.45) is 1.69. The molecule has 2 aromatic rings.